The predicted octanol–water partition coefficient (Wildman–Crippen LogP) is 5.22. The van der Waals surface area contributed by atoms with E-state index < -0.39 is 5.82 Å². The molecule has 0 saturated heterocycles. The number of thiophene rings is 1. The molecular formula is C23H22ClFN6OS. The van der Waals surface area contributed by atoms with E-state index in [4.69, 9.17) is 21.4 Å². The fourth-order valence-electron chi connectivity index (χ4n) is 4.14. The molecule has 7 nitrogen and oxygen atoms in total. The molecule has 5 rings (SSSR count). The Morgan fingerprint density at radius 1 is 1.27 bits per heavy atom. The van der Waals surface area contributed by atoms with E-state index in [-0.39, 0.29) is 12.5 Å². The van der Waals surface area contributed by atoms with Crippen molar-refractivity contribution in [3.8, 4) is 10.9 Å². The van der Waals surface area contributed by atoms with Crippen molar-refractivity contribution in [2.24, 2.45) is 11.0 Å². The van der Waals surface area contributed by atoms with Crippen LogP contribution in [0.1, 0.15) is 33.8 Å². The van der Waals surface area contributed by atoms with Crippen molar-refractivity contribution in [3.63, 3.8) is 0 Å². The van der Waals surface area contributed by atoms with Gasteiger partial charge in [0.2, 0.25) is 5.88 Å². The van der Waals surface area contributed by atoms with Crippen LogP contribution in [0.25, 0.3) is 5.00 Å². The number of aryl methyl sites for hydroxylation is 2. The second-order valence-electron chi connectivity index (χ2n) is 8.00. The number of ether oxygens (including phenoxy) is 1. The number of hydrogen-bond donors (Lipinski definition) is 0. The first-order chi connectivity index (χ1) is 15.9. The van der Waals surface area contributed by atoms with Gasteiger partial charge in [0.1, 0.15) is 16.6 Å². The predicted molar refractivity (Wildman–Crippen MR) is 128 cm³/mol. The molecule has 1 aliphatic carbocycles. The largest absolute Gasteiger partial charge is 0.481 e. The molecule has 1 atom stereocenters. The maximum Gasteiger partial charge on any atom is 0.253 e. The van der Waals surface area contributed by atoms with Crippen molar-refractivity contribution in [2.45, 2.75) is 33.7 Å². The van der Waals surface area contributed by atoms with Crippen LogP contribution < -0.4 is 9.75 Å². The number of methoxy groups -OCH3 is 1. The average molecular weight is 485 g/mol. The van der Waals surface area contributed by atoms with Crippen LogP contribution >= 0.6 is 22.9 Å². The van der Waals surface area contributed by atoms with Crippen molar-refractivity contribution in [2.75, 3.05) is 12.1 Å². The molecule has 3 aromatic rings. The number of hydrazone groups is 1. The molecule has 0 N–H and O–H groups in total. The Hall–Kier alpha value is -3.04. The van der Waals surface area contributed by atoms with Crippen LogP contribution in [0.3, 0.4) is 0 Å². The van der Waals surface area contributed by atoms with Crippen LogP contribution in [0.2, 0.25) is 0 Å². The van der Waals surface area contributed by atoms with Crippen LogP contribution in [0.4, 0.5) is 10.3 Å². The maximum absolute atomic E-state index is 14.1. The van der Waals surface area contributed by atoms with E-state index in [0.29, 0.717) is 17.4 Å². The lowest BCUT2D eigenvalue weighted by Gasteiger charge is -2.21. The smallest absolute Gasteiger partial charge is 0.253 e. The standard InChI is InChI=1S/C23H22ClFN6OS/c1-12-13(2)33-22-19(12)20(15-5-7-17(24)8-6-15)29-30(23-28-27-14(3)31(22)23)11-16-9-18(25)10-26-21(16)32-4/h5,7-10,15H,6,11H2,1-4H3. The summed E-state index contributed by atoms with van der Waals surface area (Å²) in [5.41, 5.74) is 3.73. The third-order valence-corrected chi connectivity index (χ3v) is 7.38. The summed E-state index contributed by atoms with van der Waals surface area (Å²) >= 11 is 7.89. The molecule has 3 aromatic heterocycles. The van der Waals surface area contributed by atoms with Crippen LogP contribution in [-0.2, 0) is 6.54 Å². The normalized spacial score (nSPS) is 17.3. The van der Waals surface area contributed by atoms with Gasteiger partial charge in [0.05, 0.1) is 25.6 Å². The van der Waals surface area contributed by atoms with Gasteiger partial charge in [-0.3, -0.25) is 4.57 Å². The fourth-order valence-corrected chi connectivity index (χ4v) is 5.51. The van der Waals surface area contributed by atoms with E-state index in [1.54, 1.807) is 16.3 Å². The number of fused-ring (bicyclic) bond motifs is 3. The lowest BCUT2D eigenvalue weighted by Crippen LogP contribution is -2.24. The highest BCUT2D eigenvalue weighted by Gasteiger charge is 2.32. The Morgan fingerprint density at radius 2 is 2.09 bits per heavy atom. The summed E-state index contributed by atoms with van der Waals surface area (Å²) in [6.45, 7) is 6.36. The highest BCUT2D eigenvalue weighted by molar-refractivity contribution is 7.15. The third-order valence-electron chi connectivity index (χ3n) is 5.90. The van der Waals surface area contributed by atoms with E-state index in [1.165, 1.54) is 23.6 Å². The molecule has 0 saturated carbocycles. The molecule has 2 aliphatic rings. The molecule has 0 aromatic carbocycles. The first-order valence-electron chi connectivity index (χ1n) is 10.5. The summed E-state index contributed by atoms with van der Waals surface area (Å²) in [5, 5.41) is 17.4. The highest BCUT2D eigenvalue weighted by atomic mass is 35.5. The summed E-state index contributed by atoms with van der Waals surface area (Å²) < 4.78 is 21.4. The summed E-state index contributed by atoms with van der Waals surface area (Å²) in [6.07, 6.45) is 7.87. The van der Waals surface area contributed by atoms with Gasteiger partial charge in [-0.05, 0) is 44.9 Å². The minimum atomic E-state index is -0.442. The van der Waals surface area contributed by atoms with E-state index >= 15 is 0 Å². The van der Waals surface area contributed by atoms with Crippen molar-refractivity contribution >= 4 is 34.6 Å². The number of halogens is 2. The van der Waals surface area contributed by atoms with Gasteiger partial charge in [-0.25, -0.2) is 14.4 Å². The quantitative estimate of drug-likeness (QED) is 0.508. The fraction of sp³-hybridized carbons (Fsp3) is 0.304. The topological polar surface area (TPSA) is 68.4 Å². The van der Waals surface area contributed by atoms with Crippen LogP contribution in [0.5, 0.6) is 5.88 Å². The first-order valence-corrected chi connectivity index (χ1v) is 11.7. The third kappa shape index (κ3) is 3.75. The monoisotopic (exact) mass is 484 g/mol. The molecule has 0 bridgehead atoms. The molecule has 10 heteroatoms. The lowest BCUT2D eigenvalue weighted by molar-refractivity contribution is 0.389. The number of anilines is 1. The molecule has 0 fully saturated rings. The van der Waals surface area contributed by atoms with Crippen molar-refractivity contribution in [3.05, 3.63) is 68.7 Å². The van der Waals surface area contributed by atoms with E-state index in [2.05, 4.69) is 35.1 Å². The van der Waals surface area contributed by atoms with Gasteiger partial charge in [0.15, 0.2) is 0 Å². The molecule has 1 aliphatic heterocycles. The molecule has 1 unspecified atom stereocenters. The molecule has 0 radical (unpaired) electrons. The van der Waals surface area contributed by atoms with Crippen LogP contribution in [-0.4, -0.2) is 32.6 Å². The van der Waals surface area contributed by atoms with Gasteiger partial charge in [-0.2, -0.15) is 5.10 Å². The van der Waals surface area contributed by atoms with E-state index in [0.717, 1.165) is 39.8 Å². The number of hydrogen-bond acceptors (Lipinski definition) is 7. The zero-order valence-corrected chi connectivity index (χ0v) is 20.2. The Balaban J connectivity index is 1.71. The summed E-state index contributed by atoms with van der Waals surface area (Å²) in [7, 11) is 1.51. The molecule has 0 amide bonds. The molecular weight excluding hydrogens is 463 g/mol. The van der Waals surface area contributed by atoms with E-state index in [1.807, 2.05) is 23.6 Å². The summed E-state index contributed by atoms with van der Waals surface area (Å²) in [4.78, 5) is 5.29. The first kappa shape index (κ1) is 21.8. The Bertz CT molecular complexity index is 1340. The number of aromatic nitrogens is 4. The van der Waals surface area contributed by atoms with Crippen molar-refractivity contribution < 1.29 is 9.13 Å². The van der Waals surface area contributed by atoms with Crippen LogP contribution in [0, 0.1) is 32.5 Å². The molecule has 170 valence electrons. The SMILES string of the molecule is COc1ncc(F)cc1CN1N=C(C2C=CC(Cl)=CC2)c2c(sc(C)c2C)-n2c(C)nnc21. The maximum atomic E-state index is 14.1. The minimum Gasteiger partial charge on any atom is -0.481 e. The molecule has 4 heterocycles. The van der Waals surface area contributed by atoms with Gasteiger partial charge in [0.25, 0.3) is 5.95 Å². The second kappa shape index (κ2) is 8.39. The zero-order valence-electron chi connectivity index (χ0n) is 18.6. The second-order valence-corrected chi connectivity index (χ2v) is 9.64. The Kier molecular flexibility index (Phi) is 5.54. The van der Waals surface area contributed by atoms with Gasteiger partial charge in [-0.1, -0.05) is 23.8 Å². The Labute approximate surface area is 199 Å². The lowest BCUT2D eigenvalue weighted by atomic mass is 9.90. The van der Waals surface area contributed by atoms with Gasteiger partial charge in [-0.15, -0.1) is 21.5 Å². The number of pyridine rings is 1. The number of nitrogens with zero attached hydrogens (tertiary/aromatic N) is 6. The average Bonchev–Trinajstić information content (AvgIpc) is 3.27. The summed E-state index contributed by atoms with van der Waals surface area (Å²) in [6, 6.07) is 1.41. The van der Waals surface area contributed by atoms with Crippen LogP contribution in [0.15, 0.2) is 40.6 Å². The van der Waals surface area contributed by atoms with Gasteiger partial charge < -0.3 is 4.74 Å². The van der Waals surface area contributed by atoms with Crippen molar-refractivity contribution in [1.29, 1.82) is 0 Å². The van der Waals surface area contributed by atoms with Gasteiger partial charge in [0, 0.05) is 27.0 Å². The summed E-state index contributed by atoms with van der Waals surface area (Å²) in [5.74, 6) is 1.24. The minimum absolute atomic E-state index is 0.0341. The van der Waals surface area contributed by atoms with E-state index in [9.17, 15) is 4.39 Å². The Morgan fingerprint density at radius 3 is 2.82 bits per heavy atom. The number of allylic oxidation sites excluding steroid dienone is 4. The highest BCUT2D eigenvalue weighted by Crippen LogP contribution is 2.40. The van der Waals surface area contributed by atoms with Gasteiger partial charge >= 0.3 is 0 Å². The van der Waals surface area contributed by atoms with Crippen molar-refractivity contribution in [1.82, 2.24) is 19.7 Å². The molecule has 0 spiro atoms. The molecule has 33 heavy (non-hydrogen) atoms. The zero-order chi connectivity index (χ0) is 23.3. The number of rotatable bonds is 4.